The average Bonchev–Trinajstić information content (AvgIpc) is 2.98. The van der Waals surface area contributed by atoms with Crippen molar-refractivity contribution in [3.8, 4) is 0 Å². The van der Waals surface area contributed by atoms with Crippen molar-refractivity contribution in [3.63, 3.8) is 0 Å². The number of benzene rings is 4. The van der Waals surface area contributed by atoms with Crippen molar-refractivity contribution in [1.29, 1.82) is 0 Å². The first-order chi connectivity index (χ1) is 20.2. The highest BCUT2D eigenvalue weighted by molar-refractivity contribution is 8.00. The van der Waals surface area contributed by atoms with Crippen LogP contribution in [0.2, 0.25) is 0 Å². The van der Waals surface area contributed by atoms with Crippen molar-refractivity contribution in [3.05, 3.63) is 136 Å². The number of thioether (sulfide) groups is 1. The van der Waals surface area contributed by atoms with Crippen LogP contribution >= 0.6 is 11.8 Å². The van der Waals surface area contributed by atoms with Gasteiger partial charge in [0, 0.05) is 34.0 Å². The smallest absolute Gasteiger partial charge is 0.272 e. The van der Waals surface area contributed by atoms with Crippen molar-refractivity contribution in [2.75, 3.05) is 10.6 Å². The van der Waals surface area contributed by atoms with Crippen LogP contribution in [0, 0.1) is 17.0 Å². The minimum Gasteiger partial charge on any atom is -0.325 e. The number of aryl methyl sites for hydroxylation is 1. The van der Waals surface area contributed by atoms with Gasteiger partial charge in [-0.1, -0.05) is 54.6 Å². The van der Waals surface area contributed by atoms with E-state index in [1.165, 1.54) is 30.0 Å². The molecule has 0 saturated heterocycles. The second kappa shape index (κ2) is 13.9. The summed E-state index contributed by atoms with van der Waals surface area (Å²) in [7, 11) is 0. The van der Waals surface area contributed by atoms with Crippen molar-refractivity contribution >= 4 is 52.6 Å². The summed E-state index contributed by atoms with van der Waals surface area (Å²) in [6.07, 6.45) is 1.60. The van der Waals surface area contributed by atoms with Gasteiger partial charge in [-0.15, -0.1) is 11.8 Å². The van der Waals surface area contributed by atoms with Gasteiger partial charge in [0.1, 0.15) is 5.70 Å². The Morgan fingerprint density at radius 3 is 2.21 bits per heavy atom. The van der Waals surface area contributed by atoms with Gasteiger partial charge < -0.3 is 16.0 Å². The molecular formula is C32H28N4O5S. The first-order valence-electron chi connectivity index (χ1n) is 13.0. The molecule has 0 heterocycles. The molecule has 0 bridgehead atoms. The van der Waals surface area contributed by atoms with E-state index in [0.29, 0.717) is 22.5 Å². The Kier molecular flexibility index (Phi) is 9.85. The van der Waals surface area contributed by atoms with E-state index < -0.39 is 22.0 Å². The highest BCUT2D eigenvalue weighted by atomic mass is 32.2. The lowest BCUT2D eigenvalue weighted by Gasteiger charge is -2.15. The molecule has 0 saturated carbocycles. The van der Waals surface area contributed by atoms with Gasteiger partial charge >= 0.3 is 0 Å². The number of nitro groups is 1. The van der Waals surface area contributed by atoms with Crippen molar-refractivity contribution < 1.29 is 19.3 Å². The van der Waals surface area contributed by atoms with Gasteiger partial charge in [0.25, 0.3) is 17.5 Å². The third-order valence-electron chi connectivity index (χ3n) is 6.09. The van der Waals surface area contributed by atoms with Gasteiger partial charge in [0.05, 0.1) is 10.2 Å². The topological polar surface area (TPSA) is 130 Å². The number of nitrogens with zero attached hydrogens (tertiary/aromatic N) is 1. The Labute approximate surface area is 247 Å². The van der Waals surface area contributed by atoms with Crippen LogP contribution in [-0.2, 0) is 9.59 Å². The third-order valence-corrected chi connectivity index (χ3v) is 7.19. The molecule has 1 atom stereocenters. The lowest BCUT2D eigenvalue weighted by molar-refractivity contribution is -0.384. The van der Waals surface area contributed by atoms with Crippen molar-refractivity contribution in [1.82, 2.24) is 5.32 Å². The molecule has 0 radical (unpaired) electrons. The number of rotatable bonds is 10. The lowest BCUT2D eigenvalue weighted by atomic mass is 10.1. The SMILES string of the molecule is Cc1cc([N+](=O)[O-])ccc1NC(=O)C(C)Sc1cccc(NC(=O)/C(=C/c2ccccc2)NC(=O)c2ccccc2)c1. The summed E-state index contributed by atoms with van der Waals surface area (Å²) in [5, 5.41) is 18.8. The van der Waals surface area contributed by atoms with Crippen LogP contribution < -0.4 is 16.0 Å². The molecule has 4 aromatic carbocycles. The van der Waals surface area contributed by atoms with E-state index in [9.17, 15) is 24.5 Å². The predicted octanol–water partition coefficient (Wildman–Crippen LogP) is 6.43. The molecular weight excluding hydrogens is 552 g/mol. The number of anilines is 2. The first-order valence-corrected chi connectivity index (χ1v) is 13.8. The van der Waals surface area contributed by atoms with Gasteiger partial charge in [-0.25, -0.2) is 0 Å². The Morgan fingerprint density at radius 1 is 0.857 bits per heavy atom. The average molecular weight is 581 g/mol. The second-order valence-electron chi connectivity index (χ2n) is 9.28. The number of hydrogen-bond acceptors (Lipinski definition) is 6. The van der Waals surface area contributed by atoms with Crippen LogP contribution in [0.4, 0.5) is 17.1 Å². The summed E-state index contributed by atoms with van der Waals surface area (Å²) in [6, 6.07) is 29.1. The number of nitro benzene ring substituents is 1. The maximum atomic E-state index is 13.3. The largest absolute Gasteiger partial charge is 0.325 e. The molecule has 4 rings (SSSR count). The van der Waals surface area contributed by atoms with Gasteiger partial charge in [-0.3, -0.25) is 24.5 Å². The number of carbonyl (C=O) groups is 3. The predicted molar refractivity (Wildman–Crippen MR) is 165 cm³/mol. The summed E-state index contributed by atoms with van der Waals surface area (Å²) in [5.74, 6) is -1.20. The second-order valence-corrected chi connectivity index (χ2v) is 10.7. The third kappa shape index (κ3) is 8.15. The van der Waals surface area contributed by atoms with Gasteiger partial charge in [0.2, 0.25) is 5.91 Å². The highest BCUT2D eigenvalue weighted by Gasteiger charge is 2.18. The lowest BCUT2D eigenvalue weighted by Crippen LogP contribution is -2.30. The molecule has 0 aliphatic carbocycles. The van der Waals surface area contributed by atoms with Crippen LogP contribution in [0.15, 0.2) is 114 Å². The fourth-order valence-corrected chi connectivity index (χ4v) is 4.82. The zero-order valence-corrected chi connectivity index (χ0v) is 23.7. The normalized spacial score (nSPS) is 11.7. The van der Waals surface area contributed by atoms with Crippen LogP contribution in [0.3, 0.4) is 0 Å². The molecule has 10 heteroatoms. The standard InChI is InChI=1S/C32H28N4O5S/c1-21-18-26(36(40)41)16-17-28(21)34-30(37)22(2)42-27-15-9-14-25(20-27)33-32(39)29(19-23-10-5-3-6-11-23)35-31(38)24-12-7-4-8-13-24/h3-20,22H,1-2H3,(H,33,39)(H,34,37)(H,35,38)/b29-19-. The van der Waals surface area contributed by atoms with Gasteiger partial charge in [-0.05, 0) is 67.4 Å². The molecule has 212 valence electrons. The summed E-state index contributed by atoms with van der Waals surface area (Å²) in [6.45, 7) is 3.43. The van der Waals surface area contributed by atoms with Gasteiger partial charge in [0.15, 0.2) is 0 Å². The summed E-state index contributed by atoms with van der Waals surface area (Å²) >= 11 is 1.29. The van der Waals surface area contributed by atoms with Crippen LogP contribution in [0.5, 0.6) is 0 Å². The van der Waals surface area contributed by atoms with Crippen LogP contribution in [-0.4, -0.2) is 27.9 Å². The highest BCUT2D eigenvalue weighted by Crippen LogP contribution is 2.28. The van der Waals surface area contributed by atoms with E-state index in [4.69, 9.17) is 0 Å². The Morgan fingerprint density at radius 2 is 1.55 bits per heavy atom. The van der Waals surface area contributed by atoms with E-state index >= 15 is 0 Å². The molecule has 0 fully saturated rings. The molecule has 0 spiro atoms. The Balaban J connectivity index is 1.45. The first kappa shape index (κ1) is 29.8. The zero-order chi connectivity index (χ0) is 30.1. The number of nitrogens with one attached hydrogen (secondary N) is 3. The fraction of sp³-hybridized carbons (Fsp3) is 0.0938. The summed E-state index contributed by atoms with van der Waals surface area (Å²) < 4.78 is 0. The molecule has 0 aromatic heterocycles. The van der Waals surface area contributed by atoms with Crippen molar-refractivity contribution in [2.24, 2.45) is 0 Å². The van der Waals surface area contributed by atoms with E-state index in [1.807, 2.05) is 36.4 Å². The van der Waals surface area contributed by atoms with Crippen LogP contribution in [0.25, 0.3) is 6.08 Å². The van der Waals surface area contributed by atoms with Gasteiger partial charge in [-0.2, -0.15) is 0 Å². The summed E-state index contributed by atoms with van der Waals surface area (Å²) in [4.78, 5) is 50.2. The molecule has 0 aliphatic rings. The molecule has 42 heavy (non-hydrogen) atoms. The fourth-order valence-electron chi connectivity index (χ4n) is 3.90. The monoisotopic (exact) mass is 580 g/mol. The minimum atomic E-state index is -0.510. The number of carbonyl (C=O) groups excluding carboxylic acids is 3. The Hall–Kier alpha value is -5.22. The minimum absolute atomic E-state index is 0.0480. The maximum Gasteiger partial charge on any atom is 0.272 e. The van der Waals surface area contributed by atoms with Crippen LogP contribution in [0.1, 0.15) is 28.4 Å². The maximum absolute atomic E-state index is 13.3. The van der Waals surface area contributed by atoms with E-state index in [1.54, 1.807) is 68.5 Å². The molecule has 0 aliphatic heterocycles. The van der Waals surface area contributed by atoms with E-state index in [0.717, 1.165) is 10.5 Å². The number of non-ortho nitro benzene ring substituents is 1. The number of hydrogen-bond donors (Lipinski definition) is 3. The number of amides is 3. The molecule has 3 N–H and O–H groups in total. The van der Waals surface area contributed by atoms with E-state index in [-0.39, 0.29) is 17.3 Å². The summed E-state index contributed by atoms with van der Waals surface area (Å²) in [5.41, 5.74) is 2.74. The zero-order valence-electron chi connectivity index (χ0n) is 22.9. The van der Waals surface area contributed by atoms with E-state index in [2.05, 4.69) is 16.0 Å². The molecule has 3 amide bonds. The molecule has 9 nitrogen and oxygen atoms in total. The quantitative estimate of drug-likeness (QED) is 0.0857. The molecule has 4 aromatic rings. The molecule has 1 unspecified atom stereocenters. The Bertz CT molecular complexity index is 1640. The van der Waals surface area contributed by atoms with Crippen molar-refractivity contribution in [2.45, 2.75) is 24.0 Å².